The third kappa shape index (κ3) is 4.31. The summed E-state index contributed by atoms with van der Waals surface area (Å²) in [5.74, 6) is -1.02. The molecule has 34 heavy (non-hydrogen) atoms. The maximum Gasteiger partial charge on any atom is 0.296 e. The molecule has 1 atom stereocenters. The van der Waals surface area contributed by atoms with Gasteiger partial charge in [-0.05, 0) is 41.3 Å². The van der Waals surface area contributed by atoms with E-state index < -0.39 is 23.5 Å². The highest BCUT2D eigenvalue weighted by Gasteiger charge is 2.46. The van der Waals surface area contributed by atoms with Crippen LogP contribution in [0, 0.1) is 0 Å². The van der Waals surface area contributed by atoms with E-state index in [4.69, 9.17) is 32.4 Å². The number of nitrogens with zero attached hydrogens (tertiary/aromatic N) is 1. The first kappa shape index (κ1) is 23.9. The fourth-order valence-electron chi connectivity index (χ4n) is 4.11. The summed E-state index contributed by atoms with van der Waals surface area (Å²) >= 11 is 12.4. The van der Waals surface area contributed by atoms with Crippen LogP contribution < -0.4 is 4.74 Å². The molecule has 176 valence electrons. The quantitative estimate of drug-likeness (QED) is 0.243. The van der Waals surface area contributed by atoms with Crippen molar-refractivity contribution in [2.45, 2.75) is 32.4 Å². The summed E-state index contributed by atoms with van der Waals surface area (Å²) in [7, 11) is 1.39. The maximum atomic E-state index is 13.2. The molecular formula is C26H23Cl2NO5. The van der Waals surface area contributed by atoms with E-state index in [1.807, 2.05) is 24.3 Å². The van der Waals surface area contributed by atoms with Crippen molar-refractivity contribution in [2.24, 2.45) is 0 Å². The van der Waals surface area contributed by atoms with Crippen molar-refractivity contribution in [1.29, 1.82) is 0 Å². The molecule has 0 bridgehead atoms. The smallest absolute Gasteiger partial charge is 0.296 e. The lowest BCUT2D eigenvalue weighted by atomic mass is 9.93. The van der Waals surface area contributed by atoms with Gasteiger partial charge in [0.25, 0.3) is 11.7 Å². The minimum atomic E-state index is -0.853. The second kappa shape index (κ2) is 9.57. The van der Waals surface area contributed by atoms with E-state index in [0.717, 1.165) is 5.56 Å². The molecule has 4 rings (SSSR count). The standard InChI is InChI=1S/C26H23Cl2NO5/c1-14(2)15-6-8-16(9-7-15)22-21(23(30)19-11-17(27)12-20(28)25(19)33-3)24(31)26(32)29(22)13-18-5-4-10-34-18/h4-12,14,22,30H,13H2,1-3H3/b23-21+. The molecule has 0 aliphatic carbocycles. The number of ether oxygens (including phenoxy) is 1. The number of halogens is 2. The predicted octanol–water partition coefficient (Wildman–Crippen LogP) is 6.34. The number of hydrogen-bond acceptors (Lipinski definition) is 5. The van der Waals surface area contributed by atoms with Gasteiger partial charge < -0.3 is 19.2 Å². The first-order chi connectivity index (χ1) is 16.2. The Kier molecular flexibility index (Phi) is 6.73. The average molecular weight is 500 g/mol. The number of rotatable bonds is 6. The molecule has 3 aromatic rings. The van der Waals surface area contributed by atoms with Crippen molar-refractivity contribution in [1.82, 2.24) is 4.90 Å². The minimum absolute atomic E-state index is 0.0540. The molecular weight excluding hydrogens is 477 g/mol. The summed E-state index contributed by atoms with van der Waals surface area (Å²) in [6, 6.07) is 13.1. The molecule has 8 heteroatoms. The molecule has 1 amide bonds. The van der Waals surface area contributed by atoms with E-state index in [1.165, 1.54) is 30.4 Å². The van der Waals surface area contributed by atoms with Gasteiger partial charge in [-0.25, -0.2) is 0 Å². The van der Waals surface area contributed by atoms with Gasteiger partial charge in [-0.1, -0.05) is 61.3 Å². The molecule has 1 aliphatic rings. The number of benzene rings is 2. The largest absolute Gasteiger partial charge is 0.507 e. The Balaban J connectivity index is 1.92. The van der Waals surface area contributed by atoms with Crippen LogP contribution in [0.1, 0.15) is 48.3 Å². The van der Waals surface area contributed by atoms with Crippen LogP contribution in [0.5, 0.6) is 5.75 Å². The van der Waals surface area contributed by atoms with Crippen LogP contribution in [0.3, 0.4) is 0 Å². The molecule has 0 radical (unpaired) electrons. The number of likely N-dealkylation sites (tertiary alicyclic amines) is 1. The van der Waals surface area contributed by atoms with Gasteiger partial charge in [-0.15, -0.1) is 0 Å². The van der Waals surface area contributed by atoms with E-state index in [2.05, 4.69) is 13.8 Å². The van der Waals surface area contributed by atoms with E-state index in [0.29, 0.717) is 17.2 Å². The Hall–Kier alpha value is -3.22. The minimum Gasteiger partial charge on any atom is -0.507 e. The zero-order chi connectivity index (χ0) is 24.6. The molecule has 1 N–H and O–H groups in total. The van der Waals surface area contributed by atoms with E-state index in [1.54, 1.807) is 12.1 Å². The van der Waals surface area contributed by atoms with Crippen LogP contribution in [-0.2, 0) is 16.1 Å². The van der Waals surface area contributed by atoms with Crippen LogP contribution in [0.15, 0.2) is 64.8 Å². The van der Waals surface area contributed by atoms with Crippen molar-refractivity contribution < 1.29 is 23.8 Å². The molecule has 2 aromatic carbocycles. The van der Waals surface area contributed by atoms with Crippen molar-refractivity contribution >= 4 is 40.7 Å². The van der Waals surface area contributed by atoms with Crippen molar-refractivity contribution in [3.05, 3.63) is 92.9 Å². The summed E-state index contributed by atoms with van der Waals surface area (Å²) < 4.78 is 10.8. The van der Waals surface area contributed by atoms with Crippen LogP contribution in [0.4, 0.5) is 0 Å². The molecule has 1 saturated heterocycles. The van der Waals surface area contributed by atoms with Gasteiger partial charge in [-0.3, -0.25) is 9.59 Å². The van der Waals surface area contributed by atoms with Gasteiger partial charge in [0.2, 0.25) is 0 Å². The normalized spacial score (nSPS) is 17.6. The number of hydrogen-bond donors (Lipinski definition) is 1. The molecule has 6 nitrogen and oxygen atoms in total. The summed E-state index contributed by atoms with van der Waals surface area (Å²) in [5, 5.41) is 11.8. The van der Waals surface area contributed by atoms with Gasteiger partial charge in [0.05, 0.1) is 42.1 Å². The first-order valence-electron chi connectivity index (χ1n) is 10.7. The molecule has 0 saturated carbocycles. The van der Waals surface area contributed by atoms with Gasteiger partial charge in [-0.2, -0.15) is 0 Å². The van der Waals surface area contributed by atoms with Crippen molar-refractivity contribution in [2.75, 3.05) is 7.11 Å². The van der Waals surface area contributed by atoms with E-state index >= 15 is 0 Å². The van der Waals surface area contributed by atoms with Crippen LogP contribution in [0.2, 0.25) is 10.0 Å². The first-order valence-corrected chi connectivity index (χ1v) is 11.4. The van der Waals surface area contributed by atoms with Gasteiger partial charge in [0, 0.05) is 5.02 Å². The highest BCUT2D eigenvalue weighted by atomic mass is 35.5. The zero-order valence-corrected chi connectivity index (χ0v) is 20.4. The number of Topliss-reactive ketones (excluding diaryl/α,β-unsaturated/α-hetero) is 1. The fourth-order valence-corrected chi connectivity index (χ4v) is 4.68. The Morgan fingerprint density at radius 3 is 2.44 bits per heavy atom. The molecule has 2 heterocycles. The molecule has 1 aromatic heterocycles. The van der Waals surface area contributed by atoms with Crippen LogP contribution >= 0.6 is 23.2 Å². The second-order valence-electron chi connectivity index (χ2n) is 8.30. The number of aliphatic hydroxyl groups excluding tert-OH is 1. The number of aliphatic hydroxyl groups is 1. The number of carbonyl (C=O) groups excluding carboxylic acids is 2. The number of amides is 1. The summed E-state index contributed by atoms with van der Waals surface area (Å²) in [5.41, 5.74) is 1.82. The van der Waals surface area contributed by atoms with Crippen LogP contribution in [0.25, 0.3) is 5.76 Å². The van der Waals surface area contributed by atoms with Gasteiger partial charge >= 0.3 is 0 Å². The number of methoxy groups -OCH3 is 1. The van der Waals surface area contributed by atoms with Crippen molar-refractivity contribution in [3.63, 3.8) is 0 Å². The lowest BCUT2D eigenvalue weighted by Crippen LogP contribution is -2.29. The predicted molar refractivity (Wildman–Crippen MR) is 130 cm³/mol. The number of ketones is 1. The third-order valence-corrected chi connectivity index (χ3v) is 6.33. The van der Waals surface area contributed by atoms with Crippen LogP contribution in [-0.4, -0.2) is 28.8 Å². The topological polar surface area (TPSA) is 80.0 Å². The Bertz CT molecular complexity index is 1260. The monoisotopic (exact) mass is 499 g/mol. The third-order valence-electron chi connectivity index (χ3n) is 5.83. The van der Waals surface area contributed by atoms with Crippen molar-refractivity contribution in [3.8, 4) is 5.75 Å². The van der Waals surface area contributed by atoms with Gasteiger partial charge in [0.15, 0.2) is 0 Å². The van der Waals surface area contributed by atoms with E-state index in [-0.39, 0.29) is 33.5 Å². The fraction of sp³-hybridized carbons (Fsp3) is 0.231. The molecule has 0 spiro atoms. The SMILES string of the molecule is COc1c(Cl)cc(Cl)cc1/C(O)=C1\C(=O)C(=O)N(Cc2ccco2)C1c1ccc(C(C)C)cc1. The average Bonchev–Trinajstić information content (AvgIpc) is 3.40. The zero-order valence-electron chi connectivity index (χ0n) is 18.8. The second-order valence-corrected chi connectivity index (χ2v) is 9.14. The highest BCUT2D eigenvalue weighted by molar-refractivity contribution is 6.46. The summed E-state index contributed by atoms with van der Waals surface area (Å²) in [6.45, 7) is 4.21. The number of furan rings is 1. The maximum absolute atomic E-state index is 13.2. The Morgan fingerprint density at radius 1 is 1.15 bits per heavy atom. The lowest BCUT2D eigenvalue weighted by molar-refractivity contribution is -0.140. The Morgan fingerprint density at radius 2 is 1.85 bits per heavy atom. The van der Waals surface area contributed by atoms with Gasteiger partial charge in [0.1, 0.15) is 17.3 Å². The molecule has 1 unspecified atom stereocenters. The van der Waals surface area contributed by atoms with E-state index in [9.17, 15) is 14.7 Å². The highest BCUT2D eigenvalue weighted by Crippen LogP contribution is 2.44. The Labute approximate surface area is 207 Å². The lowest BCUT2D eigenvalue weighted by Gasteiger charge is -2.25. The molecule has 1 fully saturated rings. The summed E-state index contributed by atoms with van der Waals surface area (Å²) in [6.07, 6.45) is 1.50. The number of carbonyl (C=O) groups is 2. The summed E-state index contributed by atoms with van der Waals surface area (Å²) in [4.78, 5) is 27.8. The molecule has 1 aliphatic heterocycles.